The maximum Gasteiger partial charge on any atom is 0.283 e. The van der Waals surface area contributed by atoms with Crippen LogP contribution in [0.15, 0.2) is 59.7 Å². The Labute approximate surface area is 152 Å². The number of halogens is 2. The summed E-state index contributed by atoms with van der Waals surface area (Å²) in [6, 6.07) is 14.6. The zero-order chi connectivity index (χ0) is 17.4. The van der Waals surface area contributed by atoms with E-state index in [4.69, 9.17) is 23.2 Å². The molecule has 0 bridgehead atoms. The number of hydrogen-bond acceptors (Lipinski definition) is 4. The first-order valence-electron chi connectivity index (χ1n) is 7.44. The minimum absolute atomic E-state index is 0.214. The SMILES string of the molecule is O=c1c2nnn(-c3ccccc3)c2ncn1Cc1ccc(Cl)c(Cl)c1. The Morgan fingerprint density at radius 1 is 1.00 bits per heavy atom. The van der Waals surface area contributed by atoms with E-state index in [2.05, 4.69) is 15.3 Å². The van der Waals surface area contributed by atoms with Gasteiger partial charge in [0.05, 0.1) is 22.3 Å². The molecule has 2 aromatic carbocycles. The van der Waals surface area contributed by atoms with Crippen LogP contribution in [-0.4, -0.2) is 24.5 Å². The minimum Gasteiger partial charge on any atom is -0.293 e. The van der Waals surface area contributed by atoms with Crippen molar-refractivity contribution in [2.75, 3.05) is 0 Å². The quantitative estimate of drug-likeness (QED) is 0.553. The summed E-state index contributed by atoms with van der Waals surface area (Å²) < 4.78 is 3.01. The summed E-state index contributed by atoms with van der Waals surface area (Å²) in [6.07, 6.45) is 1.48. The van der Waals surface area contributed by atoms with Crippen LogP contribution in [0.2, 0.25) is 10.0 Å². The zero-order valence-corrected chi connectivity index (χ0v) is 14.3. The average molecular weight is 372 g/mol. The van der Waals surface area contributed by atoms with Crippen molar-refractivity contribution < 1.29 is 0 Å². The second-order valence-electron chi connectivity index (χ2n) is 5.44. The van der Waals surface area contributed by atoms with Crippen LogP contribution in [0.5, 0.6) is 0 Å². The first-order chi connectivity index (χ1) is 12.1. The molecule has 2 heterocycles. The first-order valence-corrected chi connectivity index (χ1v) is 8.19. The van der Waals surface area contributed by atoms with Gasteiger partial charge in [0.25, 0.3) is 5.56 Å². The third-order valence-corrected chi connectivity index (χ3v) is 4.51. The second kappa shape index (κ2) is 6.31. The van der Waals surface area contributed by atoms with Crippen molar-refractivity contribution in [2.24, 2.45) is 0 Å². The van der Waals surface area contributed by atoms with Gasteiger partial charge in [0.15, 0.2) is 11.2 Å². The van der Waals surface area contributed by atoms with E-state index in [1.165, 1.54) is 10.9 Å². The lowest BCUT2D eigenvalue weighted by molar-refractivity contribution is 0.745. The van der Waals surface area contributed by atoms with Crippen LogP contribution in [0.1, 0.15) is 5.56 Å². The van der Waals surface area contributed by atoms with Gasteiger partial charge < -0.3 is 0 Å². The van der Waals surface area contributed by atoms with Crippen LogP contribution < -0.4 is 5.56 Å². The van der Waals surface area contributed by atoms with Crippen LogP contribution in [0.3, 0.4) is 0 Å². The molecule has 25 heavy (non-hydrogen) atoms. The average Bonchev–Trinajstić information content (AvgIpc) is 3.06. The van der Waals surface area contributed by atoms with Gasteiger partial charge in [-0.05, 0) is 29.8 Å². The van der Waals surface area contributed by atoms with E-state index in [0.29, 0.717) is 22.2 Å². The molecule has 0 unspecified atom stereocenters. The topological polar surface area (TPSA) is 65.6 Å². The van der Waals surface area contributed by atoms with Crippen LogP contribution in [0.25, 0.3) is 16.9 Å². The second-order valence-corrected chi connectivity index (χ2v) is 6.25. The van der Waals surface area contributed by atoms with Gasteiger partial charge >= 0.3 is 0 Å². The summed E-state index contributed by atoms with van der Waals surface area (Å²) in [4.78, 5) is 17.0. The highest BCUT2D eigenvalue weighted by molar-refractivity contribution is 6.42. The molecule has 0 spiro atoms. The van der Waals surface area contributed by atoms with Crippen molar-refractivity contribution in [1.82, 2.24) is 24.5 Å². The minimum atomic E-state index is -0.266. The predicted molar refractivity (Wildman–Crippen MR) is 96.5 cm³/mol. The molecular weight excluding hydrogens is 361 g/mol. The van der Waals surface area contributed by atoms with Crippen molar-refractivity contribution in [1.29, 1.82) is 0 Å². The number of hydrogen-bond donors (Lipinski definition) is 0. The fraction of sp³-hybridized carbons (Fsp3) is 0.0588. The van der Waals surface area contributed by atoms with E-state index in [-0.39, 0.29) is 11.1 Å². The number of rotatable bonds is 3. The molecule has 4 aromatic rings. The normalized spacial score (nSPS) is 11.1. The number of nitrogens with zero attached hydrogens (tertiary/aromatic N) is 5. The Morgan fingerprint density at radius 2 is 1.80 bits per heavy atom. The predicted octanol–water partition coefficient (Wildman–Crippen LogP) is 3.33. The molecule has 0 radical (unpaired) electrons. The molecule has 8 heteroatoms. The van der Waals surface area contributed by atoms with E-state index in [0.717, 1.165) is 11.3 Å². The third kappa shape index (κ3) is 2.90. The maximum atomic E-state index is 12.7. The van der Waals surface area contributed by atoms with Crippen LogP contribution in [0.4, 0.5) is 0 Å². The number of fused-ring (bicyclic) bond motifs is 1. The largest absolute Gasteiger partial charge is 0.293 e. The third-order valence-electron chi connectivity index (χ3n) is 3.77. The smallest absolute Gasteiger partial charge is 0.283 e. The molecule has 0 saturated carbocycles. The standard InChI is InChI=1S/C17H11Cl2N5O/c18-13-7-6-11(8-14(13)19)9-23-10-20-16-15(17(23)25)21-22-24(16)12-4-2-1-3-5-12/h1-8,10H,9H2. The van der Waals surface area contributed by atoms with Crippen molar-refractivity contribution in [3.63, 3.8) is 0 Å². The van der Waals surface area contributed by atoms with Gasteiger partial charge in [-0.3, -0.25) is 9.36 Å². The summed E-state index contributed by atoms with van der Waals surface area (Å²) in [6.45, 7) is 0.316. The molecule has 0 aliphatic carbocycles. The molecule has 0 aliphatic rings. The maximum absolute atomic E-state index is 12.7. The Balaban J connectivity index is 1.76. The van der Waals surface area contributed by atoms with Gasteiger partial charge in [0.1, 0.15) is 6.33 Å². The summed E-state index contributed by atoms with van der Waals surface area (Å²) in [7, 11) is 0. The van der Waals surface area contributed by atoms with Gasteiger partial charge in [0, 0.05) is 0 Å². The van der Waals surface area contributed by atoms with E-state index < -0.39 is 0 Å². The Morgan fingerprint density at radius 3 is 2.56 bits per heavy atom. The van der Waals surface area contributed by atoms with Crippen LogP contribution in [-0.2, 0) is 6.54 Å². The number of aromatic nitrogens is 5. The van der Waals surface area contributed by atoms with Gasteiger partial charge in [0.2, 0.25) is 0 Å². The molecule has 6 nitrogen and oxygen atoms in total. The molecule has 0 N–H and O–H groups in total. The van der Waals surface area contributed by atoms with Gasteiger partial charge in [-0.2, -0.15) is 4.68 Å². The molecule has 0 atom stereocenters. The summed E-state index contributed by atoms with van der Waals surface area (Å²) >= 11 is 11.9. The Hall–Kier alpha value is -2.70. The molecule has 0 saturated heterocycles. The number of benzene rings is 2. The van der Waals surface area contributed by atoms with Crippen molar-refractivity contribution >= 4 is 34.4 Å². The number of para-hydroxylation sites is 1. The van der Waals surface area contributed by atoms with E-state index in [1.54, 1.807) is 16.8 Å². The highest BCUT2D eigenvalue weighted by atomic mass is 35.5. The fourth-order valence-corrected chi connectivity index (χ4v) is 2.86. The van der Waals surface area contributed by atoms with E-state index in [9.17, 15) is 4.79 Å². The van der Waals surface area contributed by atoms with Gasteiger partial charge in [-0.15, -0.1) is 5.10 Å². The zero-order valence-electron chi connectivity index (χ0n) is 12.8. The van der Waals surface area contributed by atoms with Crippen LogP contribution >= 0.6 is 23.2 Å². The lowest BCUT2D eigenvalue weighted by Gasteiger charge is -2.06. The molecule has 4 rings (SSSR count). The highest BCUT2D eigenvalue weighted by Crippen LogP contribution is 2.22. The summed E-state index contributed by atoms with van der Waals surface area (Å²) in [5, 5.41) is 8.96. The Bertz CT molecular complexity index is 1120. The van der Waals surface area contributed by atoms with Crippen molar-refractivity contribution in [3.05, 3.63) is 80.8 Å². The monoisotopic (exact) mass is 371 g/mol. The van der Waals surface area contributed by atoms with Crippen molar-refractivity contribution in [2.45, 2.75) is 6.54 Å². The lowest BCUT2D eigenvalue weighted by Crippen LogP contribution is -2.21. The van der Waals surface area contributed by atoms with E-state index in [1.807, 2.05) is 36.4 Å². The van der Waals surface area contributed by atoms with Crippen LogP contribution in [0, 0.1) is 0 Å². The molecule has 0 amide bonds. The van der Waals surface area contributed by atoms with Gasteiger partial charge in [-0.1, -0.05) is 52.7 Å². The highest BCUT2D eigenvalue weighted by Gasteiger charge is 2.13. The summed E-state index contributed by atoms with van der Waals surface area (Å²) in [5.41, 5.74) is 2.00. The lowest BCUT2D eigenvalue weighted by atomic mass is 10.2. The first kappa shape index (κ1) is 15.8. The van der Waals surface area contributed by atoms with E-state index >= 15 is 0 Å². The molecular formula is C17H11Cl2N5O. The summed E-state index contributed by atoms with van der Waals surface area (Å²) in [5.74, 6) is 0. The molecule has 0 aliphatic heterocycles. The molecule has 124 valence electrons. The fourth-order valence-electron chi connectivity index (χ4n) is 2.53. The molecule has 0 fully saturated rings. The van der Waals surface area contributed by atoms with Crippen molar-refractivity contribution in [3.8, 4) is 5.69 Å². The van der Waals surface area contributed by atoms with Gasteiger partial charge in [-0.25, -0.2) is 4.98 Å². The molecule has 2 aromatic heterocycles. The Kier molecular flexibility index (Phi) is 3.99.